The minimum absolute atomic E-state index is 0.132. The van der Waals surface area contributed by atoms with Crippen molar-refractivity contribution >= 4 is 23.3 Å². The van der Waals surface area contributed by atoms with Gasteiger partial charge in [-0.3, -0.25) is 0 Å². The molecule has 3 N–H and O–H groups in total. The molecule has 0 saturated carbocycles. The molecule has 4 nitrogen and oxygen atoms in total. The molecular formula is C14H13ClN2O2. The highest BCUT2D eigenvalue weighted by Gasteiger charge is 2.10. The average Bonchev–Trinajstić information content (AvgIpc) is 2.41. The third-order valence-corrected chi connectivity index (χ3v) is 2.81. The second-order valence-corrected chi connectivity index (χ2v) is 4.40. The fraction of sp³-hybridized carbons (Fsp3) is 0.0714. The van der Waals surface area contributed by atoms with Crippen LogP contribution < -0.4 is 10.9 Å². The molecule has 0 bridgehead atoms. The normalized spacial score (nSPS) is 10.2. The summed E-state index contributed by atoms with van der Waals surface area (Å²) < 4.78 is 0. The van der Waals surface area contributed by atoms with Gasteiger partial charge in [-0.1, -0.05) is 41.9 Å². The molecule has 0 heterocycles. The third-order valence-electron chi connectivity index (χ3n) is 2.57. The van der Waals surface area contributed by atoms with E-state index in [0.29, 0.717) is 17.3 Å². The van der Waals surface area contributed by atoms with Gasteiger partial charge in [-0.15, -0.1) is 0 Å². The predicted molar refractivity (Wildman–Crippen MR) is 75.3 cm³/mol. The molecule has 98 valence electrons. The fourth-order valence-electron chi connectivity index (χ4n) is 1.64. The molecule has 0 amide bonds. The number of hydrogen-bond donors (Lipinski definition) is 3. The lowest BCUT2D eigenvalue weighted by molar-refractivity contribution is 0.0698. The van der Waals surface area contributed by atoms with Crippen LogP contribution in [0.1, 0.15) is 15.9 Å². The molecular weight excluding hydrogens is 264 g/mol. The van der Waals surface area contributed by atoms with Gasteiger partial charge in [-0.05, 0) is 23.8 Å². The molecule has 0 atom stereocenters. The van der Waals surface area contributed by atoms with Crippen LogP contribution in [0.3, 0.4) is 0 Å². The number of rotatable bonds is 5. The molecule has 0 aromatic heterocycles. The second-order valence-electron chi connectivity index (χ2n) is 3.96. The Bertz CT molecular complexity index is 573. The van der Waals surface area contributed by atoms with Gasteiger partial charge in [0.05, 0.1) is 11.3 Å². The number of aromatic carboxylic acids is 1. The summed E-state index contributed by atoms with van der Waals surface area (Å²) in [6, 6.07) is 14.5. The van der Waals surface area contributed by atoms with Crippen molar-refractivity contribution in [3.05, 3.63) is 64.7 Å². The third kappa shape index (κ3) is 3.71. The SMILES string of the molecule is O=C(O)c1cc(Cl)ccc1NNCc1ccccc1. The van der Waals surface area contributed by atoms with Crippen molar-refractivity contribution in [1.29, 1.82) is 0 Å². The van der Waals surface area contributed by atoms with Crippen LogP contribution in [0, 0.1) is 0 Å². The predicted octanol–water partition coefficient (Wildman–Crippen LogP) is 3.15. The Kier molecular flexibility index (Phi) is 4.39. The standard InChI is InChI=1S/C14H13ClN2O2/c15-11-6-7-13(12(8-11)14(18)19)17-16-9-10-4-2-1-3-5-10/h1-8,16-17H,9H2,(H,18,19). The molecule has 0 aliphatic rings. The molecule has 0 spiro atoms. The Morgan fingerprint density at radius 2 is 1.89 bits per heavy atom. The van der Waals surface area contributed by atoms with Crippen LogP contribution in [0.2, 0.25) is 5.02 Å². The Labute approximate surface area is 116 Å². The van der Waals surface area contributed by atoms with Crippen LogP contribution in [0.5, 0.6) is 0 Å². The summed E-state index contributed by atoms with van der Waals surface area (Å²) in [6.07, 6.45) is 0. The Morgan fingerprint density at radius 1 is 1.16 bits per heavy atom. The number of nitrogens with one attached hydrogen (secondary N) is 2. The van der Waals surface area contributed by atoms with E-state index in [4.69, 9.17) is 16.7 Å². The van der Waals surface area contributed by atoms with Crippen molar-refractivity contribution in [1.82, 2.24) is 5.43 Å². The average molecular weight is 277 g/mol. The van der Waals surface area contributed by atoms with E-state index in [1.54, 1.807) is 12.1 Å². The minimum Gasteiger partial charge on any atom is -0.478 e. The first kappa shape index (κ1) is 13.4. The van der Waals surface area contributed by atoms with Crippen molar-refractivity contribution in [2.24, 2.45) is 0 Å². The maximum Gasteiger partial charge on any atom is 0.337 e. The van der Waals surface area contributed by atoms with Crippen LogP contribution in [-0.2, 0) is 6.54 Å². The van der Waals surface area contributed by atoms with Crippen LogP contribution in [0.25, 0.3) is 0 Å². The monoisotopic (exact) mass is 276 g/mol. The van der Waals surface area contributed by atoms with E-state index >= 15 is 0 Å². The summed E-state index contributed by atoms with van der Waals surface area (Å²) in [5.74, 6) is -1.02. The molecule has 0 fully saturated rings. The van der Waals surface area contributed by atoms with Crippen LogP contribution in [0.4, 0.5) is 5.69 Å². The summed E-state index contributed by atoms with van der Waals surface area (Å²) in [4.78, 5) is 11.1. The highest BCUT2D eigenvalue weighted by Crippen LogP contribution is 2.20. The van der Waals surface area contributed by atoms with Crippen molar-refractivity contribution < 1.29 is 9.90 Å². The summed E-state index contributed by atoms with van der Waals surface area (Å²) in [6.45, 7) is 0.586. The number of carboxylic acid groups (broad SMARTS) is 1. The van der Waals surface area contributed by atoms with Crippen molar-refractivity contribution in [3.8, 4) is 0 Å². The van der Waals surface area contributed by atoms with Crippen LogP contribution in [0.15, 0.2) is 48.5 Å². The van der Waals surface area contributed by atoms with E-state index in [0.717, 1.165) is 5.56 Å². The van der Waals surface area contributed by atoms with E-state index in [1.165, 1.54) is 6.07 Å². The summed E-state index contributed by atoms with van der Waals surface area (Å²) in [5.41, 5.74) is 7.57. The van der Waals surface area contributed by atoms with Gasteiger partial charge in [0.15, 0.2) is 0 Å². The van der Waals surface area contributed by atoms with Crippen molar-refractivity contribution in [2.75, 3.05) is 5.43 Å². The highest BCUT2D eigenvalue weighted by molar-refractivity contribution is 6.31. The topological polar surface area (TPSA) is 61.4 Å². The van der Waals surface area contributed by atoms with E-state index < -0.39 is 5.97 Å². The molecule has 0 saturated heterocycles. The molecule has 2 aromatic carbocycles. The summed E-state index contributed by atoms with van der Waals surface area (Å²) >= 11 is 5.78. The first-order valence-corrected chi connectivity index (χ1v) is 6.10. The molecule has 5 heteroatoms. The van der Waals surface area contributed by atoms with Gasteiger partial charge in [0.25, 0.3) is 0 Å². The van der Waals surface area contributed by atoms with E-state index in [-0.39, 0.29) is 5.56 Å². The smallest absolute Gasteiger partial charge is 0.337 e. The number of carboxylic acids is 1. The first-order valence-electron chi connectivity index (χ1n) is 5.72. The zero-order valence-electron chi connectivity index (χ0n) is 10.1. The van der Waals surface area contributed by atoms with Gasteiger partial charge < -0.3 is 10.5 Å². The number of hydrazine groups is 1. The fourth-order valence-corrected chi connectivity index (χ4v) is 1.81. The second kappa shape index (κ2) is 6.22. The lowest BCUT2D eigenvalue weighted by Gasteiger charge is -2.11. The minimum atomic E-state index is -1.02. The van der Waals surface area contributed by atoms with Gasteiger partial charge in [0, 0.05) is 11.6 Å². The largest absolute Gasteiger partial charge is 0.478 e. The Hall–Kier alpha value is -2.04. The molecule has 0 aliphatic carbocycles. The lowest BCUT2D eigenvalue weighted by atomic mass is 10.2. The molecule has 19 heavy (non-hydrogen) atoms. The Balaban J connectivity index is 2.02. The van der Waals surface area contributed by atoms with Gasteiger partial charge in [-0.25, -0.2) is 10.2 Å². The first-order chi connectivity index (χ1) is 9.16. The zero-order valence-corrected chi connectivity index (χ0v) is 10.8. The maximum atomic E-state index is 11.1. The Morgan fingerprint density at radius 3 is 2.58 bits per heavy atom. The molecule has 0 unspecified atom stereocenters. The number of carbonyl (C=O) groups is 1. The quantitative estimate of drug-likeness (QED) is 0.734. The van der Waals surface area contributed by atoms with Crippen molar-refractivity contribution in [2.45, 2.75) is 6.54 Å². The van der Waals surface area contributed by atoms with Crippen LogP contribution in [-0.4, -0.2) is 11.1 Å². The summed E-state index contributed by atoms with van der Waals surface area (Å²) in [5, 5.41) is 9.47. The van der Waals surface area contributed by atoms with Gasteiger partial charge in [0.2, 0.25) is 0 Å². The number of hydrogen-bond acceptors (Lipinski definition) is 3. The summed E-state index contributed by atoms with van der Waals surface area (Å²) in [7, 11) is 0. The van der Waals surface area contributed by atoms with E-state index in [9.17, 15) is 4.79 Å². The highest BCUT2D eigenvalue weighted by atomic mass is 35.5. The molecule has 0 aliphatic heterocycles. The molecule has 2 rings (SSSR count). The zero-order chi connectivity index (χ0) is 13.7. The number of anilines is 1. The van der Waals surface area contributed by atoms with E-state index in [2.05, 4.69) is 10.9 Å². The molecule has 0 radical (unpaired) electrons. The van der Waals surface area contributed by atoms with Crippen LogP contribution >= 0.6 is 11.6 Å². The lowest BCUT2D eigenvalue weighted by Crippen LogP contribution is -2.22. The van der Waals surface area contributed by atoms with Gasteiger partial charge >= 0.3 is 5.97 Å². The number of halogens is 1. The van der Waals surface area contributed by atoms with Gasteiger partial charge in [-0.2, -0.15) is 0 Å². The van der Waals surface area contributed by atoms with E-state index in [1.807, 2.05) is 30.3 Å². The maximum absolute atomic E-state index is 11.1. The molecule has 2 aromatic rings. The van der Waals surface area contributed by atoms with Crippen molar-refractivity contribution in [3.63, 3.8) is 0 Å². The van der Waals surface area contributed by atoms with Gasteiger partial charge in [0.1, 0.15) is 0 Å². The number of benzene rings is 2.